The minimum Gasteiger partial charge on any atom is -0.497 e. The van der Waals surface area contributed by atoms with Gasteiger partial charge in [-0.1, -0.05) is 23.1 Å². The van der Waals surface area contributed by atoms with Crippen molar-refractivity contribution in [2.75, 3.05) is 42.9 Å². The third-order valence-electron chi connectivity index (χ3n) is 3.17. The third-order valence-corrected chi connectivity index (χ3v) is 6.11. The second-order valence-electron chi connectivity index (χ2n) is 4.93. The molecule has 0 aliphatic carbocycles. The number of hydrogen-bond donors (Lipinski definition) is 1. The smallest absolute Gasteiger partial charge is 0.246 e. The Hall–Kier alpha value is -2.05. The summed E-state index contributed by atoms with van der Waals surface area (Å²) in [5, 5.41) is 10.6. The van der Waals surface area contributed by atoms with Crippen LogP contribution >= 0.6 is 23.1 Å². The van der Waals surface area contributed by atoms with Crippen molar-refractivity contribution in [1.29, 1.82) is 0 Å². The quantitative estimate of drug-likeness (QED) is 0.509. The zero-order chi connectivity index (χ0) is 19.3. The van der Waals surface area contributed by atoms with Crippen molar-refractivity contribution in [2.24, 2.45) is 0 Å². The van der Waals surface area contributed by atoms with Crippen molar-refractivity contribution in [3.05, 3.63) is 18.2 Å². The van der Waals surface area contributed by atoms with Crippen LogP contribution in [0.2, 0.25) is 0 Å². The number of thioether (sulfide) groups is 1. The van der Waals surface area contributed by atoms with Gasteiger partial charge >= 0.3 is 0 Å². The number of sulfonamides is 1. The number of nitrogens with zero attached hydrogens (tertiary/aromatic N) is 3. The van der Waals surface area contributed by atoms with Crippen LogP contribution in [0.5, 0.6) is 11.5 Å². The normalized spacial score (nSPS) is 11.1. The van der Waals surface area contributed by atoms with Crippen molar-refractivity contribution < 1.29 is 22.7 Å². The fraction of sp³-hybridized carbons (Fsp3) is 0.357. The second kappa shape index (κ2) is 8.56. The highest BCUT2D eigenvalue weighted by molar-refractivity contribution is 8.00. The molecule has 2 rings (SSSR count). The summed E-state index contributed by atoms with van der Waals surface area (Å²) in [5.74, 6) is 0.178. The standard InChI is InChI=1S/C14H18N4O5S3/c1-22-9-5-6-11(23-2)10(7-9)18(26(4,20)21)8-12(19)15-13-16-17-14(24-3)25-13/h5-7H,8H2,1-4H3,(H,15,16,19). The largest absolute Gasteiger partial charge is 0.497 e. The summed E-state index contributed by atoms with van der Waals surface area (Å²) in [4.78, 5) is 12.3. The molecule has 1 amide bonds. The summed E-state index contributed by atoms with van der Waals surface area (Å²) in [7, 11) is -0.888. The molecule has 0 fully saturated rings. The van der Waals surface area contributed by atoms with Gasteiger partial charge in [0.2, 0.25) is 21.1 Å². The van der Waals surface area contributed by atoms with Crippen LogP contribution in [0.25, 0.3) is 0 Å². The Bertz CT molecular complexity index is 884. The highest BCUT2D eigenvalue weighted by atomic mass is 32.2. The van der Waals surface area contributed by atoms with E-state index >= 15 is 0 Å². The monoisotopic (exact) mass is 418 g/mol. The fourth-order valence-electron chi connectivity index (χ4n) is 2.00. The molecule has 0 saturated carbocycles. The highest BCUT2D eigenvalue weighted by Gasteiger charge is 2.25. The van der Waals surface area contributed by atoms with Crippen LogP contribution in [0.1, 0.15) is 0 Å². The number of nitrogens with one attached hydrogen (secondary N) is 1. The molecule has 26 heavy (non-hydrogen) atoms. The van der Waals surface area contributed by atoms with Crippen molar-refractivity contribution in [3.8, 4) is 11.5 Å². The van der Waals surface area contributed by atoms with Crippen molar-refractivity contribution in [3.63, 3.8) is 0 Å². The average molecular weight is 419 g/mol. The molecule has 0 unspecified atom stereocenters. The Kier molecular flexibility index (Phi) is 6.67. The molecular weight excluding hydrogens is 400 g/mol. The zero-order valence-electron chi connectivity index (χ0n) is 14.5. The zero-order valence-corrected chi connectivity index (χ0v) is 17.0. The lowest BCUT2D eigenvalue weighted by Gasteiger charge is -2.24. The van der Waals surface area contributed by atoms with Gasteiger partial charge in [-0.2, -0.15) is 0 Å². The van der Waals surface area contributed by atoms with Crippen LogP contribution in [0.3, 0.4) is 0 Å². The summed E-state index contributed by atoms with van der Waals surface area (Å²) >= 11 is 2.60. The van der Waals surface area contributed by atoms with Gasteiger partial charge in [-0.15, -0.1) is 10.2 Å². The molecule has 0 aliphatic rings. The van der Waals surface area contributed by atoms with Crippen LogP contribution < -0.4 is 19.1 Å². The molecule has 0 aliphatic heterocycles. The van der Waals surface area contributed by atoms with Gasteiger partial charge in [0.1, 0.15) is 18.0 Å². The molecule has 9 nitrogen and oxygen atoms in total. The molecule has 0 saturated heterocycles. The van der Waals surface area contributed by atoms with E-state index in [0.29, 0.717) is 21.0 Å². The lowest BCUT2D eigenvalue weighted by atomic mass is 10.2. The van der Waals surface area contributed by atoms with E-state index in [4.69, 9.17) is 9.47 Å². The molecule has 0 radical (unpaired) electrons. The number of anilines is 2. The van der Waals surface area contributed by atoms with Crippen LogP contribution in [0.15, 0.2) is 22.5 Å². The number of rotatable bonds is 8. The van der Waals surface area contributed by atoms with Crippen LogP contribution in [0, 0.1) is 0 Å². The predicted molar refractivity (Wildman–Crippen MR) is 102 cm³/mol. The van der Waals surface area contributed by atoms with Gasteiger partial charge in [0.05, 0.1) is 26.2 Å². The van der Waals surface area contributed by atoms with E-state index in [1.165, 1.54) is 43.4 Å². The van der Waals surface area contributed by atoms with Gasteiger partial charge in [0, 0.05) is 6.07 Å². The number of carbonyl (C=O) groups excluding carboxylic acids is 1. The van der Waals surface area contributed by atoms with Gasteiger partial charge in [0.25, 0.3) is 0 Å². The second-order valence-corrected chi connectivity index (χ2v) is 8.87. The SMILES string of the molecule is COc1ccc(OC)c(N(CC(=O)Nc2nnc(SC)s2)S(C)(=O)=O)c1. The lowest BCUT2D eigenvalue weighted by molar-refractivity contribution is -0.114. The van der Waals surface area contributed by atoms with Crippen molar-refractivity contribution >= 4 is 49.8 Å². The number of hydrogen-bond acceptors (Lipinski definition) is 9. The van der Waals surface area contributed by atoms with Gasteiger partial charge in [-0.3, -0.25) is 14.4 Å². The minimum atomic E-state index is -3.76. The molecular formula is C14H18N4O5S3. The summed E-state index contributed by atoms with van der Waals surface area (Å²) in [5.41, 5.74) is 0.201. The van der Waals surface area contributed by atoms with E-state index < -0.39 is 22.5 Å². The maximum absolute atomic E-state index is 12.3. The maximum Gasteiger partial charge on any atom is 0.246 e. The van der Waals surface area contributed by atoms with Crippen LogP contribution in [-0.4, -0.2) is 57.8 Å². The number of carbonyl (C=O) groups is 1. The topological polar surface area (TPSA) is 111 Å². The summed E-state index contributed by atoms with van der Waals surface area (Å²) in [6.45, 7) is -0.448. The van der Waals surface area contributed by atoms with Gasteiger partial charge in [-0.25, -0.2) is 8.42 Å². The Labute approximate surface area is 159 Å². The van der Waals surface area contributed by atoms with Gasteiger partial charge in [-0.05, 0) is 18.4 Å². The molecule has 1 N–H and O–H groups in total. The Morgan fingerprint density at radius 3 is 2.58 bits per heavy atom. The van der Waals surface area contributed by atoms with E-state index in [1.54, 1.807) is 12.1 Å². The van der Waals surface area contributed by atoms with Crippen LogP contribution in [0.4, 0.5) is 10.8 Å². The maximum atomic E-state index is 12.3. The van der Waals surface area contributed by atoms with Gasteiger partial charge in [0.15, 0.2) is 4.34 Å². The molecule has 1 aromatic carbocycles. The number of methoxy groups -OCH3 is 2. The summed E-state index contributed by atoms with van der Waals surface area (Å²) < 4.78 is 36.5. The summed E-state index contributed by atoms with van der Waals surface area (Å²) in [6.07, 6.45) is 2.85. The molecule has 2 aromatic rings. The van der Waals surface area contributed by atoms with E-state index in [1.807, 2.05) is 6.26 Å². The highest BCUT2D eigenvalue weighted by Crippen LogP contribution is 2.33. The number of benzene rings is 1. The van der Waals surface area contributed by atoms with E-state index in [-0.39, 0.29) is 5.69 Å². The third kappa shape index (κ3) is 4.99. The molecule has 0 bridgehead atoms. The number of amides is 1. The first-order valence-corrected chi connectivity index (χ1v) is 11.0. The lowest BCUT2D eigenvalue weighted by Crippen LogP contribution is -2.37. The number of ether oxygens (including phenoxy) is 2. The first kappa shape index (κ1) is 20.3. The first-order valence-electron chi connectivity index (χ1n) is 7.15. The molecule has 1 heterocycles. The van der Waals surface area contributed by atoms with Crippen LogP contribution in [-0.2, 0) is 14.8 Å². The first-order chi connectivity index (χ1) is 12.3. The molecule has 0 spiro atoms. The molecule has 142 valence electrons. The fourth-order valence-corrected chi connectivity index (χ4v) is 4.04. The van der Waals surface area contributed by atoms with Gasteiger partial charge < -0.3 is 9.47 Å². The molecule has 1 aromatic heterocycles. The van der Waals surface area contributed by atoms with E-state index in [2.05, 4.69) is 15.5 Å². The molecule has 0 atom stereocenters. The summed E-state index contributed by atoms with van der Waals surface area (Å²) in [6, 6.07) is 4.69. The Morgan fingerprint density at radius 2 is 2.04 bits per heavy atom. The average Bonchev–Trinajstić information content (AvgIpc) is 3.05. The van der Waals surface area contributed by atoms with Crippen molar-refractivity contribution in [1.82, 2.24) is 10.2 Å². The number of aromatic nitrogens is 2. The minimum absolute atomic E-state index is 0.201. The predicted octanol–water partition coefficient (Wildman–Crippen LogP) is 1.68. The van der Waals surface area contributed by atoms with E-state index in [9.17, 15) is 13.2 Å². The Morgan fingerprint density at radius 1 is 1.31 bits per heavy atom. The van der Waals surface area contributed by atoms with E-state index in [0.717, 1.165) is 10.6 Å². The molecule has 12 heteroatoms. The van der Waals surface area contributed by atoms with Crippen molar-refractivity contribution in [2.45, 2.75) is 4.34 Å². The Balaban J connectivity index is 2.29.